The minimum absolute atomic E-state index is 0.00113. The second kappa shape index (κ2) is 9.34. The minimum atomic E-state index is -1.57. The number of likely N-dealkylation sites (tertiary alicyclic amines) is 1. The van der Waals surface area contributed by atoms with Crippen LogP contribution in [0.4, 0.5) is 10.5 Å². The molecule has 204 valence electrons. The number of benzene rings is 2. The number of urea groups is 1. The van der Waals surface area contributed by atoms with Crippen LogP contribution in [0, 0.1) is 11.3 Å². The molecule has 7 rings (SSSR count). The number of nitrogens with one attached hydrogen (secondary N) is 1. The largest absolute Gasteiger partial charge is 0.454 e. The molecule has 0 radical (unpaired) electrons. The maximum absolute atomic E-state index is 14.4. The molecule has 0 saturated carbocycles. The molecule has 4 amide bonds. The number of imide groups is 2. The van der Waals surface area contributed by atoms with E-state index in [1.54, 1.807) is 54.6 Å². The standard InChI is InChI=1S/C30H28N4O6/c35-26-8-4-7-23-21-11-20(15-33(23)26)14-32(16-21)17-30(13-19-9-10-24-25(12-19)40-18-39-24)27(36)31-29(38)34(28(30)37)22-5-2-1-3-6-22/h1-10,12,20-21H,11,13-18H2,(H,31,36,38)/t20-,21-,30-/m0/s1. The van der Waals surface area contributed by atoms with Crippen molar-refractivity contribution in [3.05, 3.63) is 88.3 Å². The van der Waals surface area contributed by atoms with Crippen molar-refractivity contribution in [2.75, 3.05) is 31.3 Å². The van der Waals surface area contributed by atoms with Gasteiger partial charge in [-0.15, -0.1) is 0 Å². The number of barbiturate groups is 1. The molecule has 0 unspecified atom stereocenters. The van der Waals surface area contributed by atoms with Crippen LogP contribution in [0.5, 0.6) is 11.5 Å². The number of carbonyl (C=O) groups excluding carboxylic acids is 3. The summed E-state index contributed by atoms with van der Waals surface area (Å²) in [5.74, 6) is 0.315. The fourth-order valence-corrected chi connectivity index (χ4v) is 6.74. The maximum Gasteiger partial charge on any atom is 0.335 e. The average Bonchev–Trinajstić information content (AvgIpc) is 3.41. The topological polar surface area (TPSA) is 110 Å². The van der Waals surface area contributed by atoms with Crippen LogP contribution in [-0.2, 0) is 22.6 Å². The average molecular weight is 541 g/mol. The summed E-state index contributed by atoms with van der Waals surface area (Å²) in [5, 5.41) is 2.48. The summed E-state index contributed by atoms with van der Waals surface area (Å²) >= 11 is 0. The summed E-state index contributed by atoms with van der Waals surface area (Å²) in [6, 6.07) is 18.7. The molecule has 2 saturated heterocycles. The molecule has 3 aromatic rings. The predicted octanol–water partition coefficient (Wildman–Crippen LogP) is 2.51. The van der Waals surface area contributed by atoms with Gasteiger partial charge in [-0.2, -0.15) is 0 Å². The van der Waals surface area contributed by atoms with E-state index in [1.165, 1.54) is 0 Å². The van der Waals surface area contributed by atoms with E-state index in [4.69, 9.17) is 9.47 Å². The third-order valence-corrected chi connectivity index (χ3v) is 8.48. The normalized spacial score (nSPS) is 25.5. The zero-order chi connectivity index (χ0) is 27.4. The van der Waals surface area contributed by atoms with E-state index in [1.807, 2.05) is 16.7 Å². The molecule has 10 nitrogen and oxygen atoms in total. The van der Waals surface area contributed by atoms with Crippen molar-refractivity contribution in [1.29, 1.82) is 0 Å². The SMILES string of the molecule is O=C1NC(=O)[C@](Cc2ccc3c(c2)OCO3)(CN2C[C@@H]3C[C@@H](C2)c2cccc(=O)n2C3)C(=O)N1c1ccccc1. The van der Waals surface area contributed by atoms with Gasteiger partial charge in [0.25, 0.3) is 11.5 Å². The molecule has 0 aliphatic carbocycles. The van der Waals surface area contributed by atoms with Crippen LogP contribution >= 0.6 is 0 Å². The van der Waals surface area contributed by atoms with E-state index in [2.05, 4.69) is 10.2 Å². The van der Waals surface area contributed by atoms with Crippen LogP contribution < -0.4 is 25.2 Å². The lowest BCUT2D eigenvalue weighted by Crippen LogP contribution is -2.68. The molecule has 4 aliphatic rings. The molecular weight excluding hydrogens is 512 g/mol. The number of rotatable bonds is 5. The smallest absolute Gasteiger partial charge is 0.335 e. The number of fused-ring (bicyclic) bond motifs is 5. The molecule has 4 aliphatic heterocycles. The monoisotopic (exact) mass is 540 g/mol. The fourth-order valence-electron chi connectivity index (χ4n) is 6.74. The zero-order valence-electron chi connectivity index (χ0n) is 21.7. The van der Waals surface area contributed by atoms with E-state index >= 15 is 0 Å². The van der Waals surface area contributed by atoms with Crippen LogP contribution in [0.25, 0.3) is 0 Å². The molecule has 10 heteroatoms. The van der Waals surface area contributed by atoms with Gasteiger partial charge in [-0.25, -0.2) is 9.69 Å². The summed E-state index contributed by atoms with van der Waals surface area (Å²) in [6.45, 7) is 2.09. The number of hydrogen-bond acceptors (Lipinski definition) is 7. The van der Waals surface area contributed by atoms with Crippen molar-refractivity contribution in [1.82, 2.24) is 14.8 Å². The van der Waals surface area contributed by atoms with Gasteiger partial charge in [0.1, 0.15) is 5.41 Å². The molecule has 5 heterocycles. The highest BCUT2D eigenvalue weighted by molar-refractivity contribution is 6.30. The lowest BCUT2D eigenvalue weighted by molar-refractivity contribution is -0.144. The molecule has 0 spiro atoms. The van der Waals surface area contributed by atoms with E-state index in [0.29, 0.717) is 36.8 Å². The Bertz CT molecular complexity index is 1590. The lowest BCUT2D eigenvalue weighted by Gasteiger charge is -2.47. The number of carbonyl (C=O) groups is 3. The number of piperidine rings is 1. The molecule has 2 aromatic carbocycles. The summed E-state index contributed by atoms with van der Waals surface area (Å²) in [5.41, 5.74) is 0.539. The Morgan fingerprint density at radius 3 is 2.55 bits per heavy atom. The quantitative estimate of drug-likeness (QED) is 0.495. The van der Waals surface area contributed by atoms with Gasteiger partial charge in [0.2, 0.25) is 12.7 Å². The van der Waals surface area contributed by atoms with Gasteiger partial charge in [-0.3, -0.25) is 19.7 Å². The van der Waals surface area contributed by atoms with Crippen LogP contribution in [0.1, 0.15) is 23.6 Å². The molecule has 40 heavy (non-hydrogen) atoms. The first-order valence-electron chi connectivity index (χ1n) is 13.5. The van der Waals surface area contributed by atoms with Crippen molar-refractivity contribution in [2.45, 2.75) is 25.3 Å². The summed E-state index contributed by atoms with van der Waals surface area (Å²) in [7, 11) is 0. The highest BCUT2D eigenvalue weighted by atomic mass is 16.7. The van der Waals surface area contributed by atoms with Crippen LogP contribution in [0.3, 0.4) is 0 Å². The summed E-state index contributed by atoms with van der Waals surface area (Å²) in [4.78, 5) is 57.0. The Kier molecular flexibility index (Phi) is 5.74. The number of anilines is 1. The first-order chi connectivity index (χ1) is 19.4. The number of para-hydroxylation sites is 1. The van der Waals surface area contributed by atoms with Crippen molar-refractivity contribution >= 4 is 23.5 Å². The Balaban J connectivity index is 1.27. The van der Waals surface area contributed by atoms with Crippen molar-refractivity contribution in [2.24, 2.45) is 11.3 Å². The van der Waals surface area contributed by atoms with Crippen LogP contribution in [-0.4, -0.2) is 53.7 Å². The van der Waals surface area contributed by atoms with Crippen molar-refractivity contribution in [3.8, 4) is 11.5 Å². The first-order valence-corrected chi connectivity index (χ1v) is 13.5. The number of aromatic nitrogens is 1. The van der Waals surface area contributed by atoms with Gasteiger partial charge in [-0.05, 0) is 54.7 Å². The van der Waals surface area contributed by atoms with Gasteiger partial charge < -0.3 is 18.9 Å². The Morgan fingerprint density at radius 1 is 0.875 bits per heavy atom. The van der Waals surface area contributed by atoms with Gasteiger partial charge in [0, 0.05) is 43.9 Å². The Labute approximate surface area is 230 Å². The lowest BCUT2D eigenvalue weighted by atomic mass is 9.75. The molecule has 3 atom stereocenters. The fraction of sp³-hybridized carbons (Fsp3) is 0.333. The first kappa shape index (κ1) is 24.6. The van der Waals surface area contributed by atoms with E-state index < -0.39 is 23.3 Å². The second-order valence-corrected chi connectivity index (χ2v) is 11.1. The highest BCUT2D eigenvalue weighted by Crippen LogP contribution is 2.40. The van der Waals surface area contributed by atoms with Crippen molar-refractivity contribution in [3.63, 3.8) is 0 Å². The Hall–Kier alpha value is -4.44. The predicted molar refractivity (Wildman–Crippen MR) is 144 cm³/mol. The Morgan fingerprint density at radius 2 is 1.70 bits per heavy atom. The minimum Gasteiger partial charge on any atom is -0.454 e. The number of amides is 4. The van der Waals surface area contributed by atoms with Gasteiger partial charge in [0.15, 0.2) is 11.5 Å². The van der Waals surface area contributed by atoms with Gasteiger partial charge in [-0.1, -0.05) is 30.3 Å². The van der Waals surface area contributed by atoms with Crippen LogP contribution in [0.2, 0.25) is 0 Å². The van der Waals surface area contributed by atoms with Crippen molar-refractivity contribution < 1.29 is 23.9 Å². The van der Waals surface area contributed by atoms with Gasteiger partial charge >= 0.3 is 6.03 Å². The molecule has 2 fully saturated rings. The molecule has 1 N–H and O–H groups in total. The molecule has 1 aromatic heterocycles. The van der Waals surface area contributed by atoms with E-state index in [-0.39, 0.29) is 37.2 Å². The summed E-state index contributed by atoms with van der Waals surface area (Å²) < 4.78 is 12.9. The second-order valence-electron chi connectivity index (χ2n) is 11.1. The number of hydrogen-bond donors (Lipinski definition) is 1. The van der Waals surface area contributed by atoms with Crippen LogP contribution in [0.15, 0.2) is 71.5 Å². The number of ether oxygens (including phenoxy) is 2. The molecule has 2 bridgehead atoms. The third kappa shape index (κ3) is 3.98. The highest BCUT2D eigenvalue weighted by Gasteiger charge is 2.56. The zero-order valence-corrected chi connectivity index (χ0v) is 21.7. The third-order valence-electron chi connectivity index (χ3n) is 8.48. The summed E-state index contributed by atoms with van der Waals surface area (Å²) in [6.07, 6.45) is 1.02. The number of pyridine rings is 1. The van der Waals surface area contributed by atoms with Gasteiger partial charge in [0.05, 0.1) is 5.69 Å². The maximum atomic E-state index is 14.4. The van der Waals surface area contributed by atoms with E-state index in [0.717, 1.165) is 22.6 Å². The molecular formula is C30H28N4O6. The number of nitrogens with zero attached hydrogens (tertiary/aromatic N) is 3. The van der Waals surface area contributed by atoms with E-state index in [9.17, 15) is 19.2 Å².